The molecule has 24 heavy (non-hydrogen) atoms. The molecule has 5 heteroatoms. The van der Waals surface area contributed by atoms with Crippen LogP contribution >= 0.6 is 0 Å². The first-order valence-corrected chi connectivity index (χ1v) is 8.48. The summed E-state index contributed by atoms with van der Waals surface area (Å²) in [7, 11) is 2.04. The van der Waals surface area contributed by atoms with Crippen LogP contribution in [0.4, 0.5) is 0 Å². The third kappa shape index (κ3) is 1.70. The van der Waals surface area contributed by atoms with E-state index in [9.17, 15) is 4.79 Å². The maximum absolute atomic E-state index is 13.2. The lowest BCUT2D eigenvalue weighted by molar-refractivity contribution is 0.347. The van der Waals surface area contributed by atoms with Crippen molar-refractivity contribution in [1.29, 1.82) is 0 Å². The van der Waals surface area contributed by atoms with Crippen molar-refractivity contribution in [2.45, 2.75) is 31.8 Å². The van der Waals surface area contributed by atoms with Crippen LogP contribution < -0.4 is 5.56 Å². The van der Waals surface area contributed by atoms with Gasteiger partial charge < -0.3 is 9.32 Å². The lowest BCUT2D eigenvalue weighted by Gasteiger charge is -2.24. The minimum absolute atomic E-state index is 0.0498. The molecule has 122 valence electrons. The van der Waals surface area contributed by atoms with Crippen LogP contribution in [0.2, 0.25) is 0 Å². The van der Waals surface area contributed by atoms with E-state index in [2.05, 4.69) is 11.5 Å². The zero-order valence-electron chi connectivity index (χ0n) is 13.7. The fourth-order valence-corrected chi connectivity index (χ4v) is 4.39. The van der Waals surface area contributed by atoms with Crippen LogP contribution in [0.25, 0.3) is 22.1 Å². The summed E-state index contributed by atoms with van der Waals surface area (Å²) in [6, 6.07) is 7.86. The molecule has 1 aliphatic heterocycles. The van der Waals surface area contributed by atoms with Gasteiger partial charge in [-0.15, -0.1) is 0 Å². The second kappa shape index (κ2) is 4.72. The topological polar surface area (TPSA) is 51.3 Å². The first-order chi connectivity index (χ1) is 11.6. The van der Waals surface area contributed by atoms with Crippen molar-refractivity contribution in [3.63, 3.8) is 0 Å². The quantitative estimate of drug-likeness (QED) is 0.636. The van der Waals surface area contributed by atoms with Gasteiger partial charge in [0.1, 0.15) is 16.9 Å². The highest BCUT2D eigenvalue weighted by molar-refractivity contribution is 6.01. The maximum atomic E-state index is 13.2. The van der Waals surface area contributed by atoms with Crippen molar-refractivity contribution >= 4 is 22.1 Å². The van der Waals surface area contributed by atoms with Crippen LogP contribution in [-0.2, 0) is 6.54 Å². The van der Waals surface area contributed by atoms with Gasteiger partial charge in [-0.25, -0.2) is 4.98 Å². The molecule has 2 aliphatic rings. The van der Waals surface area contributed by atoms with Gasteiger partial charge in [0, 0.05) is 30.1 Å². The Morgan fingerprint density at radius 1 is 1.29 bits per heavy atom. The number of fused-ring (bicyclic) bond motifs is 6. The Hall–Kier alpha value is -2.56. The van der Waals surface area contributed by atoms with Crippen molar-refractivity contribution in [3.05, 3.63) is 52.7 Å². The van der Waals surface area contributed by atoms with Crippen molar-refractivity contribution < 1.29 is 4.42 Å². The van der Waals surface area contributed by atoms with Crippen LogP contribution in [0.1, 0.15) is 31.1 Å². The molecule has 1 aromatic carbocycles. The van der Waals surface area contributed by atoms with Crippen LogP contribution in [0.15, 0.2) is 45.8 Å². The summed E-state index contributed by atoms with van der Waals surface area (Å²) in [5.74, 6) is 1.13. The Morgan fingerprint density at radius 3 is 3.00 bits per heavy atom. The van der Waals surface area contributed by atoms with Crippen molar-refractivity contribution in [1.82, 2.24) is 14.5 Å². The highest BCUT2D eigenvalue weighted by atomic mass is 16.3. The second-order valence-corrected chi connectivity index (χ2v) is 6.93. The Balaban J connectivity index is 1.87. The molecule has 3 heterocycles. The summed E-state index contributed by atoms with van der Waals surface area (Å²) in [6.45, 7) is 4.88. The van der Waals surface area contributed by atoms with E-state index in [0.717, 1.165) is 41.8 Å². The fourth-order valence-electron chi connectivity index (χ4n) is 4.39. The number of benzene rings is 1. The molecule has 0 amide bonds. The molecule has 0 unspecified atom stereocenters. The Kier molecular flexibility index (Phi) is 2.72. The Morgan fingerprint density at radius 2 is 2.12 bits per heavy atom. The zero-order valence-corrected chi connectivity index (χ0v) is 13.7. The standard InChI is InChI=1S/C19H19N3O2/c1-11-12-7-5-8-14(12)22-16(10-21(11)2)20-17-13-6-3-4-9-15(13)24-18(17)19(22)23/h3-4,6,9,12,14H,1,5,7-8,10H2,2H3/t12-,14-/m1/s1. The molecule has 2 atom stereocenters. The average Bonchev–Trinajstić information content (AvgIpc) is 3.17. The number of hydrogen-bond acceptors (Lipinski definition) is 4. The summed E-state index contributed by atoms with van der Waals surface area (Å²) in [6.07, 6.45) is 3.20. The van der Waals surface area contributed by atoms with Gasteiger partial charge in [0.05, 0.1) is 6.54 Å². The molecule has 1 aliphatic carbocycles. The van der Waals surface area contributed by atoms with E-state index < -0.39 is 0 Å². The molecule has 5 rings (SSSR count). The molecular weight excluding hydrogens is 302 g/mol. The predicted molar refractivity (Wildman–Crippen MR) is 92.8 cm³/mol. The second-order valence-electron chi connectivity index (χ2n) is 6.93. The molecule has 0 saturated heterocycles. The normalized spacial score (nSPS) is 23.5. The lowest BCUT2D eigenvalue weighted by Crippen LogP contribution is -2.29. The number of para-hydroxylation sites is 1. The summed E-state index contributed by atoms with van der Waals surface area (Å²) < 4.78 is 7.75. The third-order valence-electron chi connectivity index (χ3n) is 5.61. The number of furan rings is 1. The van der Waals surface area contributed by atoms with Crippen LogP contribution in [0.5, 0.6) is 0 Å². The summed E-state index contributed by atoms with van der Waals surface area (Å²) in [5.41, 5.74) is 2.84. The van der Waals surface area contributed by atoms with E-state index in [0.29, 0.717) is 23.6 Å². The van der Waals surface area contributed by atoms with Crippen LogP contribution in [-0.4, -0.2) is 21.5 Å². The fraction of sp³-hybridized carbons (Fsp3) is 0.368. The Labute approximate surface area is 139 Å². The number of hydrogen-bond donors (Lipinski definition) is 0. The van der Waals surface area contributed by atoms with Crippen LogP contribution in [0.3, 0.4) is 0 Å². The molecule has 0 N–H and O–H groups in total. The van der Waals surface area contributed by atoms with E-state index in [4.69, 9.17) is 9.40 Å². The molecule has 2 aromatic heterocycles. The third-order valence-corrected chi connectivity index (χ3v) is 5.61. The minimum atomic E-state index is -0.0498. The van der Waals surface area contributed by atoms with Gasteiger partial charge in [0.25, 0.3) is 5.56 Å². The SMILES string of the molecule is C=C1[C@H]2CCC[C@H]2n2c(nc3c(oc4ccccc43)c2=O)CN1C. The van der Waals surface area contributed by atoms with Gasteiger partial charge in [0.2, 0.25) is 5.58 Å². The highest BCUT2D eigenvalue weighted by Gasteiger charge is 2.37. The molecule has 5 nitrogen and oxygen atoms in total. The van der Waals surface area contributed by atoms with Crippen LogP contribution in [0, 0.1) is 5.92 Å². The molecule has 3 aromatic rings. The highest BCUT2D eigenvalue weighted by Crippen LogP contribution is 2.43. The first-order valence-electron chi connectivity index (χ1n) is 8.48. The van der Waals surface area contributed by atoms with Crippen molar-refractivity contribution in [2.24, 2.45) is 5.92 Å². The summed E-state index contributed by atoms with van der Waals surface area (Å²) >= 11 is 0. The average molecular weight is 321 g/mol. The molecule has 0 bridgehead atoms. The van der Waals surface area contributed by atoms with Gasteiger partial charge in [-0.1, -0.05) is 25.1 Å². The number of nitrogens with zero attached hydrogens (tertiary/aromatic N) is 3. The van der Waals surface area contributed by atoms with Gasteiger partial charge in [-0.05, 0) is 25.0 Å². The summed E-state index contributed by atoms with van der Waals surface area (Å²) in [5, 5.41) is 0.904. The molecule has 0 spiro atoms. The smallest absolute Gasteiger partial charge is 0.297 e. The van der Waals surface area contributed by atoms with E-state index in [-0.39, 0.29) is 11.6 Å². The predicted octanol–water partition coefficient (Wildman–Crippen LogP) is 3.44. The number of allylic oxidation sites excluding steroid dienone is 1. The largest absolute Gasteiger partial charge is 0.448 e. The van der Waals surface area contributed by atoms with E-state index in [1.165, 1.54) is 0 Å². The number of rotatable bonds is 0. The van der Waals surface area contributed by atoms with Gasteiger partial charge in [-0.3, -0.25) is 9.36 Å². The zero-order chi connectivity index (χ0) is 16.4. The van der Waals surface area contributed by atoms with E-state index >= 15 is 0 Å². The molecular formula is C19H19N3O2. The van der Waals surface area contributed by atoms with E-state index in [1.54, 1.807) is 0 Å². The Bertz CT molecular complexity index is 1050. The summed E-state index contributed by atoms with van der Waals surface area (Å²) in [4.78, 5) is 20.2. The van der Waals surface area contributed by atoms with Crippen molar-refractivity contribution in [2.75, 3.05) is 7.05 Å². The maximum Gasteiger partial charge on any atom is 0.297 e. The number of aromatic nitrogens is 2. The van der Waals surface area contributed by atoms with Gasteiger partial charge in [-0.2, -0.15) is 0 Å². The first kappa shape index (κ1) is 13.8. The van der Waals surface area contributed by atoms with E-state index in [1.807, 2.05) is 35.9 Å². The monoisotopic (exact) mass is 321 g/mol. The van der Waals surface area contributed by atoms with Gasteiger partial charge >= 0.3 is 0 Å². The molecule has 1 fully saturated rings. The minimum Gasteiger partial charge on any atom is -0.448 e. The van der Waals surface area contributed by atoms with Crippen molar-refractivity contribution in [3.8, 4) is 0 Å². The van der Waals surface area contributed by atoms with Gasteiger partial charge in [0.15, 0.2) is 0 Å². The molecule has 1 saturated carbocycles. The molecule has 0 radical (unpaired) electrons. The lowest BCUT2D eigenvalue weighted by atomic mass is 10.00.